The molecule has 5 heteroatoms. The maximum absolute atomic E-state index is 12.0. The molecule has 2 rings (SSSR count). The van der Waals surface area contributed by atoms with E-state index in [1.54, 1.807) is 31.2 Å². The van der Waals surface area contributed by atoms with Crippen LogP contribution in [0.4, 0.5) is 0 Å². The number of carbonyl (C=O) groups excluding carboxylic acids is 1. The lowest BCUT2D eigenvalue weighted by Crippen LogP contribution is -2.40. The van der Waals surface area contributed by atoms with E-state index in [-0.39, 0.29) is 17.8 Å². The zero-order valence-corrected chi connectivity index (χ0v) is 11.6. The Hall–Kier alpha value is -2.14. The number of amides is 1. The highest BCUT2D eigenvalue weighted by Crippen LogP contribution is 2.10. The third-order valence-electron chi connectivity index (χ3n) is 3.39. The van der Waals surface area contributed by atoms with Crippen LogP contribution in [0.5, 0.6) is 0 Å². The molecule has 2 aromatic rings. The number of aliphatic hydroxyl groups is 1. The van der Waals surface area contributed by atoms with E-state index in [2.05, 4.69) is 10.3 Å². The topological polar surface area (TPSA) is 82.2 Å². The molecule has 0 saturated heterocycles. The quantitative estimate of drug-likeness (QED) is 0.788. The molecular formula is C15H18N2O3. The van der Waals surface area contributed by atoms with Gasteiger partial charge in [0.2, 0.25) is 0 Å². The summed E-state index contributed by atoms with van der Waals surface area (Å²) in [6, 6.07) is 8.70. The summed E-state index contributed by atoms with van der Waals surface area (Å²) in [6.45, 7) is 3.62. The average Bonchev–Trinajstić information content (AvgIpc) is 2.45. The molecule has 1 aromatic carbocycles. The minimum absolute atomic E-state index is 0.136. The maximum Gasteiger partial charge on any atom is 0.267 e. The predicted octanol–water partition coefficient (Wildman–Crippen LogP) is 1.42. The Morgan fingerprint density at radius 3 is 2.80 bits per heavy atom. The van der Waals surface area contributed by atoms with Gasteiger partial charge in [0.15, 0.2) is 0 Å². The molecule has 3 N–H and O–H groups in total. The lowest BCUT2D eigenvalue weighted by atomic mass is 10.0. The molecular weight excluding hydrogens is 256 g/mol. The van der Waals surface area contributed by atoms with E-state index in [0.29, 0.717) is 17.2 Å². The van der Waals surface area contributed by atoms with Crippen molar-refractivity contribution >= 4 is 16.7 Å². The minimum Gasteiger partial charge on any atom is -0.388 e. The molecule has 0 bridgehead atoms. The molecule has 0 aliphatic heterocycles. The molecule has 0 saturated carbocycles. The third-order valence-corrected chi connectivity index (χ3v) is 3.39. The highest BCUT2D eigenvalue weighted by atomic mass is 16.3. The summed E-state index contributed by atoms with van der Waals surface area (Å²) in [7, 11) is 0. The number of benzene rings is 1. The number of nitrogens with one attached hydrogen (secondary N) is 2. The Bertz CT molecular complexity index is 689. The molecule has 0 aliphatic carbocycles. The van der Waals surface area contributed by atoms with Crippen molar-refractivity contribution in [3.63, 3.8) is 0 Å². The lowest BCUT2D eigenvalue weighted by Gasteiger charge is -2.21. The van der Waals surface area contributed by atoms with Crippen LogP contribution in [0.1, 0.15) is 30.8 Å². The number of rotatable bonds is 4. The average molecular weight is 274 g/mol. The molecule has 106 valence electrons. The minimum atomic E-state index is -0.952. The van der Waals surface area contributed by atoms with Gasteiger partial charge in [-0.15, -0.1) is 0 Å². The summed E-state index contributed by atoms with van der Waals surface area (Å²) in [5, 5.41) is 13.7. The first-order chi connectivity index (χ1) is 9.43. The lowest BCUT2D eigenvalue weighted by molar-refractivity contribution is 0.0517. The van der Waals surface area contributed by atoms with Crippen molar-refractivity contribution in [2.24, 2.45) is 0 Å². The second kappa shape index (κ2) is 5.46. The molecule has 20 heavy (non-hydrogen) atoms. The first-order valence-electron chi connectivity index (χ1n) is 6.55. The Labute approximate surface area is 116 Å². The summed E-state index contributed by atoms with van der Waals surface area (Å²) in [5.41, 5.74) is -1.05. The van der Waals surface area contributed by atoms with E-state index in [1.807, 2.05) is 13.0 Å². The normalized spacial score (nSPS) is 13.9. The highest BCUT2D eigenvalue weighted by Gasteiger charge is 2.19. The summed E-state index contributed by atoms with van der Waals surface area (Å²) in [4.78, 5) is 26.4. The van der Waals surface area contributed by atoms with Crippen molar-refractivity contribution < 1.29 is 9.90 Å². The van der Waals surface area contributed by atoms with Crippen LogP contribution >= 0.6 is 0 Å². The number of H-pyrrole nitrogens is 1. The second-order valence-electron chi connectivity index (χ2n) is 5.13. The van der Waals surface area contributed by atoms with Crippen LogP contribution in [0.15, 0.2) is 35.1 Å². The van der Waals surface area contributed by atoms with E-state index in [9.17, 15) is 14.7 Å². The molecule has 0 spiro atoms. The van der Waals surface area contributed by atoms with Crippen LogP contribution in [-0.4, -0.2) is 28.1 Å². The number of fused-ring (bicyclic) bond motifs is 1. The van der Waals surface area contributed by atoms with Gasteiger partial charge in [-0.1, -0.05) is 25.1 Å². The Morgan fingerprint density at radius 1 is 1.40 bits per heavy atom. The molecule has 5 nitrogen and oxygen atoms in total. The van der Waals surface area contributed by atoms with Gasteiger partial charge in [-0.05, 0) is 30.9 Å². The molecule has 1 aromatic heterocycles. The standard InChI is InChI=1S/C15H18N2O3/c1-3-15(2,20)9-16-14(19)12-8-10-6-4-5-7-11(10)13(18)17-12/h4-8,20H,3,9H2,1-2H3,(H,16,19)(H,17,18). The number of aromatic nitrogens is 1. The largest absolute Gasteiger partial charge is 0.388 e. The van der Waals surface area contributed by atoms with Gasteiger partial charge in [0.05, 0.1) is 5.60 Å². The van der Waals surface area contributed by atoms with Crippen molar-refractivity contribution in [3.8, 4) is 0 Å². The van der Waals surface area contributed by atoms with Crippen LogP contribution in [-0.2, 0) is 0 Å². The zero-order valence-electron chi connectivity index (χ0n) is 11.6. The van der Waals surface area contributed by atoms with Gasteiger partial charge < -0.3 is 15.4 Å². The van der Waals surface area contributed by atoms with Gasteiger partial charge >= 0.3 is 0 Å². The van der Waals surface area contributed by atoms with Crippen molar-refractivity contribution in [2.75, 3.05) is 6.54 Å². The van der Waals surface area contributed by atoms with E-state index < -0.39 is 11.5 Å². The van der Waals surface area contributed by atoms with Crippen molar-refractivity contribution in [1.29, 1.82) is 0 Å². The Morgan fingerprint density at radius 2 is 2.10 bits per heavy atom. The van der Waals surface area contributed by atoms with Gasteiger partial charge in [-0.3, -0.25) is 9.59 Å². The van der Waals surface area contributed by atoms with Gasteiger partial charge in [-0.2, -0.15) is 0 Å². The molecule has 0 aliphatic rings. The van der Waals surface area contributed by atoms with E-state index in [0.717, 1.165) is 0 Å². The number of hydrogen-bond donors (Lipinski definition) is 3. The number of carbonyl (C=O) groups is 1. The van der Waals surface area contributed by atoms with Gasteiger partial charge in [0.1, 0.15) is 5.69 Å². The fourth-order valence-electron chi connectivity index (χ4n) is 1.82. The van der Waals surface area contributed by atoms with Gasteiger partial charge in [0.25, 0.3) is 11.5 Å². The van der Waals surface area contributed by atoms with Crippen LogP contribution in [0, 0.1) is 0 Å². The fraction of sp³-hybridized carbons (Fsp3) is 0.333. The number of hydrogen-bond acceptors (Lipinski definition) is 3. The molecule has 1 atom stereocenters. The number of pyridine rings is 1. The second-order valence-corrected chi connectivity index (χ2v) is 5.13. The SMILES string of the molecule is CCC(C)(O)CNC(=O)c1cc2ccccc2c(=O)[nH]1. The monoisotopic (exact) mass is 274 g/mol. The zero-order chi connectivity index (χ0) is 14.8. The molecule has 1 amide bonds. The van der Waals surface area contributed by atoms with Crippen LogP contribution < -0.4 is 10.9 Å². The van der Waals surface area contributed by atoms with Crippen LogP contribution in [0.25, 0.3) is 10.8 Å². The summed E-state index contributed by atoms with van der Waals surface area (Å²) < 4.78 is 0. The molecule has 1 unspecified atom stereocenters. The van der Waals surface area contributed by atoms with Crippen molar-refractivity contribution in [1.82, 2.24) is 10.3 Å². The van der Waals surface area contributed by atoms with E-state index in [4.69, 9.17) is 0 Å². The molecule has 0 fully saturated rings. The molecule has 1 heterocycles. The Kier molecular flexibility index (Phi) is 3.90. The Balaban J connectivity index is 2.25. The van der Waals surface area contributed by atoms with Crippen molar-refractivity contribution in [3.05, 3.63) is 46.4 Å². The summed E-state index contributed by atoms with van der Waals surface area (Å²) >= 11 is 0. The first kappa shape index (κ1) is 14.3. The van der Waals surface area contributed by atoms with Crippen LogP contribution in [0.3, 0.4) is 0 Å². The molecule has 0 radical (unpaired) electrons. The predicted molar refractivity (Wildman–Crippen MR) is 77.8 cm³/mol. The summed E-state index contributed by atoms with van der Waals surface area (Å²) in [6.07, 6.45) is 0.529. The smallest absolute Gasteiger partial charge is 0.267 e. The first-order valence-corrected chi connectivity index (χ1v) is 6.55. The third kappa shape index (κ3) is 3.05. The fourth-order valence-corrected chi connectivity index (χ4v) is 1.82. The highest BCUT2D eigenvalue weighted by molar-refractivity contribution is 5.96. The maximum atomic E-state index is 12.0. The van der Waals surface area contributed by atoms with E-state index in [1.165, 1.54) is 0 Å². The van der Waals surface area contributed by atoms with Gasteiger partial charge in [-0.25, -0.2) is 0 Å². The van der Waals surface area contributed by atoms with Gasteiger partial charge in [0, 0.05) is 11.9 Å². The summed E-state index contributed by atoms with van der Waals surface area (Å²) in [5.74, 6) is -0.401. The van der Waals surface area contributed by atoms with Crippen LogP contribution in [0.2, 0.25) is 0 Å². The van der Waals surface area contributed by atoms with Crippen molar-refractivity contribution in [2.45, 2.75) is 25.9 Å². The number of aromatic amines is 1. The van der Waals surface area contributed by atoms with E-state index >= 15 is 0 Å².